The first kappa shape index (κ1) is 25.1. The molecule has 6 nitrogen and oxygen atoms in total. The summed E-state index contributed by atoms with van der Waals surface area (Å²) >= 11 is 0. The molecule has 0 bridgehead atoms. The molecule has 2 heterocycles. The standard InChI is InChI=1S/C29H29FN2O4/c1-3-4-5-15-36-23-12-10-21(11-13-23)26-25(27(33)22-9-8-19(2)24(30)16-22)28(34)29(35)32(26)18-20-7-6-14-31-17-20/h6-14,16-17,26,33H,3-5,15,18H2,1-2H3/t26-/m1/s1. The molecule has 0 aliphatic carbocycles. The number of carbonyl (C=O) groups is 2. The number of Topliss-reactive ketones (excluding diaryl/α,β-unsaturated/α-hetero) is 1. The highest BCUT2D eigenvalue weighted by atomic mass is 19.1. The van der Waals surface area contributed by atoms with E-state index < -0.39 is 29.3 Å². The van der Waals surface area contributed by atoms with Crippen molar-refractivity contribution in [2.45, 2.75) is 45.7 Å². The number of ether oxygens (including phenoxy) is 1. The molecule has 4 rings (SSSR count). The highest BCUT2D eigenvalue weighted by Gasteiger charge is 2.46. The number of nitrogens with zero attached hydrogens (tertiary/aromatic N) is 2. The molecule has 1 atom stereocenters. The lowest BCUT2D eigenvalue weighted by Crippen LogP contribution is -2.29. The number of ketones is 1. The van der Waals surface area contributed by atoms with Crippen molar-refractivity contribution in [3.05, 3.63) is 101 Å². The van der Waals surface area contributed by atoms with Crippen LogP contribution in [0.25, 0.3) is 5.76 Å². The number of aliphatic hydroxyl groups excluding tert-OH is 1. The maximum absolute atomic E-state index is 14.3. The van der Waals surface area contributed by atoms with E-state index in [1.54, 1.807) is 49.6 Å². The van der Waals surface area contributed by atoms with Crippen LogP contribution in [0, 0.1) is 12.7 Å². The van der Waals surface area contributed by atoms with Crippen molar-refractivity contribution >= 4 is 17.4 Å². The van der Waals surface area contributed by atoms with Crippen molar-refractivity contribution < 1.29 is 23.8 Å². The summed E-state index contributed by atoms with van der Waals surface area (Å²) in [6.07, 6.45) is 6.39. The van der Waals surface area contributed by atoms with Crippen LogP contribution in [0.15, 0.2) is 72.6 Å². The van der Waals surface area contributed by atoms with Crippen LogP contribution in [0.3, 0.4) is 0 Å². The Labute approximate surface area is 210 Å². The Morgan fingerprint density at radius 1 is 1.11 bits per heavy atom. The summed E-state index contributed by atoms with van der Waals surface area (Å²) < 4.78 is 20.1. The van der Waals surface area contributed by atoms with Crippen molar-refractivity contribution in [3.63, 3.8) is 0 Å². The number of aromatic nitrogens is 1. The summed E-state index contributed by atoms with van der Waals surface area (Å²) in [5, 5.41) is 11.1. The summed E-state index contributed by atoms with van der Waals surface area (Å²) in [7, 11) is 0. The molecule has 7 heteroatoms. The summed E-state index contributed by atoms with van der Waals surface area (Å²) in [5.74, 6) is -1.80. The van der Waals surface area contributed by atoms with Gasteiger partial charge in [0.2, 0.25) is 0 Å². The number of aliphatic hydroxyl groups is 1. The fourth-order valence-electron chi connectivity index (χ4n) is 4.26. The zero-order valence-corrected chi connectivity index (χ0v) is 20.4. The number of carbonyl (C=O) groups excluding carboxylic acids is 2. The Morgan fingerprint density at radius 2 is 1.89 bits per heavy atom. The fraction of sp³-hybridized carbons (Fsp3) is 0.276. The van der Waals surface area contributed by atoms with Gasteiger partial charge in [-0.1, -0.05) is 50.1 Å². The van der Waals surface area contributed by atoms with Gasteiger partial charge in [0, 0.05) is 24.5 Å². The Bertz CT molecular complexity index is 1270. The van der Waals surface area contributed by atoms with Crippen molar-refractivity contribution in [3.8, 4) is 5.75 Å². The summed E-state index contributed by atoms with van der Waals surface area (Å²) in [4.78, 5) is 31.8. The van der Waals surface area contributed by atoms with Gasteiger partial charge in [0.05, 0.1) is 18.2 Å². The number of pyridine rings is 1. The van der Waals surface area contributed by atoms with Gasteiger partial charge in [0.1, 0.15) is 17.3 Å². The number of unbranched alkanes of at least 4 members (excludes halogenated alkanes) is 2. The second kappa shape index (κ2) is 11.2. The first-order valence-electron chi connectivity index (χ1n) is 12.1. The van der Waals surface area contributed by atoms with E-state index in [-0.39, 0.29) is 17.7 Å². The van der Waals surface area contributed by atoms with Gasteiger partial charge in [-0.05, 0) is 54.3 Å². The molecular formula is C29H29FN2O4. The van der Waals surface area contributed by atoms with Gasteiger partial charge in [-0.25, -0.2) is 4.39 Å². The Hall–Kier alpha value is -4.00. The summed E-state index contributed by atoms with van der Waals surface area (Å²) in [6.45, 7) is 4.46. The monoisotopic (exact) mass is 488 g/mol. The Morgan fingerprint density at radius 3 is 2.56 bits per heavy atom. The maximum Gasteiger partial charge on any atom is 0.295 e. The number of halogens is 1. The normalized spacial score (nSPS) is 17.0. The zero-order valence-electron chi connectivity index (χ0n) is 20.4. The molecule has 0 radical (unpaired) electrons. The average Bonchev–Trinajstić information content (AvgIpc) is 3.13. The molecule has 36 heavy (non-hydrogen) atoms. The number of aryl methyl sites for hydroxylation is 1. The lowest BCUT2D eigenvalue weighted by atomic mass is 9.94. The van der Waals surface area contributed by atoms with E-state index in [9.17, 15) is 19.1 Å². The van der Waals surface area contributed by atoms with Gasteiger partial charge in [0.25, 0.3) is 11.7 Å². The van der Waals surface area contributed by atoms with Crippen LogP contribution in [-0.2, 0) is 16.1 Å². The first-order valence-corrected chi connectivity index (χ1v) is 12.1. The molecule has 0 spiro atoms. The van der Waals surface area contributed by atoms with E-state index in [0.29, 0.717) is 23.5 Å². The van der Waals surface area contributed by atoms with Gasteiger partial charge in [-0.3, -0.25) is 14.6 Å². The van der Waals surface area contributed by atoms with E-state index in [0.717, 1.165) is 24.8 Å². The maximum atomic E-state index is 14.3. The van der Waals surface area contributed by atoms with Crippen LogP contribution in [0.4, 0.5) is 4.39 Å². The van der Waals surface area contributed by atoms with E-state index in [2.05, 4.69) is 11.9 Å². The SMILES string of the molecule is CCCCCOc1ccc([C@@H]2C(=C(O)c3ccc(C)c(F)c3)C(=O)C(=O)N2Cc2cccnc2)cc1. The molecule has 0 saturated carbocycles. The number of likely N-dealkylation sites (tertiary alicyclic amines) is 1. The van der Waals surface area contributed by atoms with Crippen molar-refractivity contribution in [2.24, 2.45) is 0 Å². The van der Waals surface area contributed by atoms with E-state index in [1.807, 2.05) is 6.07 Å². The van der Waals surface area contributed by atoms with E-state index in [4.69, 9.17) is 4.74 Å². The van der Waals surface area contributed by atoms with Crippen LogP contribution < -0.4 is 4.74 Å². The minimum absolute atomic E-state index is 0.0799. The van der Waals surface area contributed by atoms with Crippen LogP contribution in [0.5, 0.6) is 5.75 Å². The van der Waals surface area contributed by atoms with Gasteiger partial charge in [0.15, 0.2) is 0 Å². The van der Waals surface area contributed by atoms with E-state index >= 15 is 0 Å². The number of benzene rings is 2. The predicted molar refractivity (Wildman–Crippen MR) is 135 cm³/mol. The molecule has 1 aromatic heterocycles. The zero-order chi connectivity index (χ0) is 25.7. The van der Waals surface area contributed by atoms with Crippen molar-refractivity contribution in [1.82, 2.24) is 9.88 Å². The summed E-state index contributed by atoms with van der Waals surface area (Å²) in [6, 6.07) is 14.1. The molecule has 2 aromatic carbocycles. The summed E-state index contributed by atoms with van der Waals surface area (Å²) in [5.41, 5.74) is 1.84. The first-order chi connectivity index (χ1) is 17.4. The molecule has 1 aliphatic rings. The number of amides is 1. The molecule has 1 aliphatic heterocycles. The lowest BCUT2D eigenvalue weighted by molar-refractivity contribution is -0.140. The number of rotatable bonds is 9. The minimum Gasteiger partial charge on any atom is -0.507 e. The second-order valence-corrected chi connectivity index (χ2v) is 8.88. The lowest BCUT2D eigenvalue weighted by Gasteiger charge is -2.25. The van der Waals surface area contributed by atoms with E-state index in [1.165, 1.54) is 23.1 Å². The van der Waals surface area contributed by atoms with Gasteiger partial charge >= 0.3 is 0 Å². The molecule has 186 valence electrons. The van der Waals surface area contributed by atoms with Gasteiger partial charge < -0.3 is 14.7 Å². The highest BCUT2D eigenvalue weighted by molar-refractivity contribution is 6.46. The second-order valence-electron chi connectivity index (χ2n) is 8.88. The third-order valence-electron chi connectivity index (χ3n) is 6.27. The largest absolute Gasteiger partial charge is 0.507 e. The molecule has 1 fully saturated rings. The molecule has 1 amide bonds. The van der Waals surface area contributed by atoms with Crippen LogP contribution in [-0.4, -0.2) is 33.3 Å². The third kappa shape index (κ3) is 5.30. The van der Waals surface area contributed by atoms with Crippen LogP contribution in [0.1, 0.15) is 54.5 Å². The quantitative estimate of drug-likeness (QED) is 0.180. The Kier molecular flexibility index (Phi) is 7.78. The molecular weight excluding hydrogens is 459 g/mol. The topological polar surface area (TPSA) is 79.7 Å². The van der Waals surface area contributed by atoms with Crippen LogP contribution in [0.2, 0.25) is 0 Å². The molecule has 3 aromatic rings. The molecule has 1 saturated heterocycles. The van der Waals surface area contributed by atoms with Gasteiger partial charge in [-0.2, -0.15) is 0 Å². The average molecular weight is 489 g/mol. The number of hydrogen-bond donors (Lipinski definition) is 1. The highest BCUT2D eigenvalue weighted by Crippen LogP contribution is 2.40. The smallest absolute Gasteiger partial charge is 0.295 e. The Balaban J connectivity index is 1.74. The molecule has 0 unspecified atom stereocenters. The molecule has 1 N–H and O–H groups in total. The number of hydrogen-bond acceptors (Lipinski definition) is 5. The van der Waals surface area contributed by atoms with Crippen LogP contribution >= 0.6 is 0 Å². The minimum atomic E-state index is -0.858. The fourth-order valence-corrected chi connectivity index (χ4v) is 4.26. The predicted octanol–water partition coefficient (Wildman–Crippen LogP) is 5.72. The third-order valence-corrected chi connectivity index (χ3v) is 6.27. The van der Waals surface area contributed by atoms with Gasteiger partial charge in [-0.15, -0.1) is 0 Å². The van der Waals surface area contributed by atoms with Crippen molar-refractivity contribution in [2.75, 3.05) is 6.61 Å². The van der Waals surface area contributed by atoms with Crippen molar-refractivity contribution in [1.29, 1.82) is 0 Å².